The van der Waals surface area contributed by atoms with Gasteiger partial charge in [-0.1, -0.05) is 32.4 Å². The monoisotopic (exact) mass is 372 g/mol. The zero-order chi connectivity index (χ0) is 14.9. The van der Waals surface area contributed by atoms with Gasteiger partial charge in [-0.25, -0.2) is 4.39 Å². The minimum atomic E-state index is -0.410. The summed E-state index contributed by atoms with van der Waals surface area (Å²) < 4.78 is 13.7. The van der Waals surface area contributed by atoms with Gasteiger partial charge < -0.3 is 10.4 Å². The van der Waals surface area contributed by atoms with E-state index in [-0.39, 0.29) is 47.0 Å². The molecule has 22 heavy (non-hydrogen) atoms. The number of piperazine rings is 1. The number of hydrogen-bond acceptors (Lipinski definition) is 3. The number of rotatable bonds is 2. The highest BCUT2D eigenvalue weighted by Gasteiger charge is 2.35. The maximum atomic E-state index is 13.7. The maximum Gasteiger partial charge on any atom is 0.139 e. The smallest absolute Gasteiger partial charge is 0.139 e. The highest BCUT2D eigenvalue weighted by atomic mass is 35.5. The number of aromatic hydroxyl groups is 1. The Hall–Kier alpha value is -0.260. The van der Waals surface area contributed by atoms with Crippen molar-refractivity contribution in [3.8, 4) is 5.75 Å². The fraction of sp³-hybridized carbons (Fsp3) is 0.600. The van der Waals surface area contributed by atoms with Gasteiger partial charge in [0.15, 0.2) is 0 Å². The van der Waals surface area contributed by atoms with Gasteiger partial charge in [0.1, 0.15) is 11.6 Å². The summed E-state index contributed by atoms with van der Waals surface area (Å²) in [5.41, 5.74) is 0.441. The largest absolute Gasteiger partial charge is 0.506 e. The fourth-order valence-electron chi connectivity index (χ4n) is 2.95. The van der Waals surface area contributed by atoms with Crippen LogP contribution in [0.1, 0.15) is 32.4 Å². The number of phenolic OH excluding ortho intramolecular Hbond substituents is 1. The summed E-state index contributed by atoms with van der Waals surface area (Å²) in [6.07, 6.45) is 0. The van der Waals surface area contributed by atoms with Crippen molar-refractivity contribution in [2.75, 3.05) is 26.2 Å². The molecule has 128 valence electrons. The molecule has 1 aromatic rings. The van der Waals surface area contributed by atoms with E-state index in [2.05, 4.69) is 31.0 Å². The van der Waals surface area contributed by atoms with Crippen molar-refractivity contribution in [1.29, 1.82) is 0 Å². The minimum absolute atomic E-state index is 0. The summed E-state index contributed by atoms with van der Waals surface area (Å²) in [7, 11) is 0. The van der Waals surface area contributed by atoms with Crippen LogP contribution in [-0.4, -0.2) is 36.2 Å². The Morgan fingerprint density at radius 2 is 1.77 bits per heavy atom. The average molecular weight is 374 g/mol. The molecule has 1 aliphatic heterocycles. The summed E-state index contributed by atoms with van der Waals surface area (Å²) in [4.78, 5) is 2.28. The molecule has 1 saturated heterocycles. The second kappa shape index (κ2) is 8.55. The molecular weight excluding hydrogens is 350 g/mol. The van der Waals surface area contributed by atoms with Crippen LogP contribution in [0.15, 0.2) is 12.1 Å². The van der Waals surface area contributed by atoms with Gasteiger partial charge in [-0.05, 0) is 17.5 Å². The molecule has 1 aliphatic rings. The quantitative estimate of drug-likeness (QED) is 0.822. The third-order valence-corrected chi connectivity index (χ3v) is 3.98. The van der Waals surface area contributed by atoms with Crippen LogP contribution in [0.2, 0.25) is 5.02 Å². The van der Waals surface area contributed by atoms with Crippen molar-refractivity contribution in [1.82, 2.24) is 10.2 Å². The van der Waals surface area contributed by atoms with Crippen LogP contribution in [0.5, 0.6) is 5.75 Å². The zero-order valence-corrected chi connectivity index (χ0v) is 15.4. The van der Waals surface area contributed by atoms with E-state index < -0.39 is 5.82 Å². The van der Waals surface area contributed by atoms with Crippen molar-refractivity contribution in [3.05, 3.63) is 28.5 Å². The third kappa shape index (κ3) is 4.87. The van der Waals surface area contributed by atoms with Crippen molar-refractivity contribution in [3.63, 3.8) is 0 Å². The summed E-state index contributed by atoms with van der Waals surface area (Å²) in [6, 6.07) is 2.48. The molecule has 1 fully saturated rings. The Balaban J connectivity index is 0.00000220. The Bertz CT molecular complexity index is 488. The standard InChI is InChI=1S/C15H22ClFN2O.2ClH/c1-15(2,3)14(19-6-4-18-5-7-19)11-8-10(17)9-12(16)13(11)20;;/h8-9,14,18,20H,4-7H2,1-3H3;2*1H/t14-;;/m0../s1. The first-order valence-electron chi connectivity index (χ1n) is 6.93. The van der Waals surface area contributed by atoms with Crippen molar-refractivity contribution >= 4 is 36.4 Å². The van der Waals surface area contributed by atoms with Crippen molar-refractivity contribution in [2.24, 2.45) is 5.41 Å². The Labute approximate surface area is 149 Å². The first-order valence-corrected chi connectivity index (χ1v) is 7.31. The lowest BCUT2D eigenvalue weighted by Gasteiger charge is -2.42. The number of hydrogen-bond donors (Lipinski definition) is 2. The van der Waals surface area contributed by atoms with E-state index in [0.29, 0.717) is 5.56 Å². The predicted octanol–water partition coefficient (Wildman–Crippen LogP) is 4.02. The molecule has 7 heteroatoms. The summed E-state index contributed by atoms with van der Waals surface area (Å²) in [5.74, 6) is -0.418. The first-order chi connectivity index (χ1) is 9.30. The molecule has 0 saturated carbocycles. The second-order valence-electron chi connectivity index (χ2n) is 6.38. The number of phenols is 1. The minimum Gasteiger partial charge on any atom is -0.506 e. The molecular formula is C15H24Cl3FN2O. The first kappa shape index (κ1) is 21.7. The van der Waals surface area contributed by atoms with E-state index in [4.69, 9.17) is 11.6 Å². The van der Waals surface area contributed by atoms with Gasteiger partial charge in [-0.3, -0.25) is 4.90 Å². The van der Waals surface area contributed by atoms with Crippen LogP contribution in [0.3, 0.4) is 0 Å². The summed E-state index contributed by atoms with van der Waals surface area (Å²) >= 11 is 5.93. The van der Waals surface area contributed by atoms with Gasteiger partial charge in [0.2, 0.25) is 0 Å². The van der Waals surface area contributed by atoms with Gasteiger partial charge in [-0.15, -0.1) is 24.8 Å². The van der Waals surface area contributed by atoms with Crippen LogP contribution in [0.4, 0.5) is 4.39 Å². The molecule has 1 aromatic carbocycles. The average Bonchev–Trinajstić information content (AvgIpc) is 2.35. The topological polar surface area (TPSA) is 35.5 Å². The van der Waals surface area contributed by atoms with Crippen LogP contribution in [0.25, 0.3) is 0 Å². The van der Waals surface area contributed by atoms with E-state index in [1.165, 1.54) is 6.07 Å². The van der Waals surface area contributed by atoms with Crippen molar-refractivity contribution < 1.29 is 9.50 Å². The Morgan fingerprint density at radius 3 is 2.27 bits per heavy atom. The molecule has 0 aliphatic carbocycles. The lowest BCUT2D eigenvalue weighted by molar-refractivity contribution is 0.0840. The van der Waals surface area contributed by atoms with Crippen LogP contribution in [0, 0.1) is 11.2 Å². The number of halogens is 4. The third-order valence-electron chi connectivity index (χ3n) is 3.69. The molecule has 0 spiro atoms. The van der Waals surface area contributed by atoms with Gasteiger partial charge in [0.25, 0.3) is 0 Å². The van der Waals surface area contributed by atoms with Gasteiger partial charge in [0, 0.05) is 37.8 Å². The molecule has 0 aromatic heterocycles. The second-order valence-corrected chi connectivity index (χ2v) is 6.79. The van der Waals surface area contributed by atoms with Crippen LogP contribution in [-0.2, 0) is 0 Å². The molecule has 0 bridgehead atoms. The van der Waals surface area contributed by atoms with Gasteiger partial charge in [0.05, 0.1) is 5.02 Å². The highest BCUT2D eigenvalue weighted by molar-refractivity contribution is 6.32. The SMILES string of the molecule is CC(C)(C)[C@H](c1cc(F)cc(Cl)c1O)N1CCNCC1.Cl.Cl. The predicted molar refractivity (Wildman–Crippen MR) is 94.2 cm³/mol. The van der Waals surface area contributed by atoms with E-state index >= 15 is 0 Å². The maximum absolute atomic E-state index is 13.7. The molecule has 0 radical (unpaired) electrons. The van der Waals surface area contributed by atoms with E-state index in [0.717, 1.165) is 32.2 Å². The molecule has 2 N–H and O–H groups in total. The number of nitrogens with one attached hydrogen (secondary N) is 1. The van der Waals surface area contributed by atoms with E-state index in [1.807, 2.05) is 0 Å². The Morgan fingerprint density at radius 1 is 1.23 bits per heavy atom. The Kier molecular flexibility index (Phi) is 8.45. The molecule has 0 amide bonds. The molecule has 1 atom stereocenters. The van der Waals surface area contributed by atoms with E-state index in [1.54, 1.807) is 0 Å². The number of benzene rings is 1. The van der Waals surface area contributed by atoms with Gasteiger partial charge in [-0.2, -0.15) is 0 Å². The zero-order valence-electron chi connectivity index (χ0n) is 13.0. The van der Waals surface area contributed by atoms with Gasteiger partial charge >= 0.3 is 0 Å². The highest BCUT2D eigenvalue weighted by Crippen LogP contribution is 2.44. The summed E-state index contributed by atoms with van der Waals surface area (Å²) in [6.45, 7) is 9.83. The number of nitrogens with zero attached hydrogens (tertiary/aromatic N) is 1. The fourth-order valence-corrected chi connectivity index (χ4v) is 3.16. The molecule has 0 unspecified atom stereocenters. The van der Waals surface area contributed by atoms with E-state index in [9.17, 15) is 9.50 Å². The van der Waals surface area contributed by atoms with Crippen LogP contribution >= 0.6 is 36.4 Å². The normalized spacial score (nSPS) is 17.3. The lowest BCUT2D eigenvalue weighted by Crippen LogP contribution is -2.48. The summed E-state index contributed by atoms with van der Waals surface area (Å²) in [5, 5.41) is 13.6. The molecule has 1 heterocycles. The van der Waals surface area contributed by atoms with Crippen LogP contribution < -0.4 is 5.32 Å². The van der Waals surface area contributed by atoms with Crippen molar-refractivity contribution in [2.45, 2.75) is 26.8 Å². The lowest BCUT2D eigenvalue weighted by atomic mass is 9.80. The molecule has 3 nitrogen and oxygen atoms in total. The molecule has 2 rings (SSSR count).